The number of aryl methyl sites for hydroxylation is 1. The van der Waals surface area contributed by atoms with Crippen molar-refractivity contribution >= 4 is 23.5 Å². The highest BCUT2D eigenvalue weighted by molar-refractivity contribution is 6.32. The lowest BCUT2D eigenvalue weighted by Gasteiger charge is -2.09. The zero-order valence-corrected chi connectivity index (χ0v) is 15.1. The summed E-state index contributed by atoms with van der Waals surface area (Å²) in [7, 11) is 1.55. The van der Waals surface area contributed by atoms with Crippen LogP contribution in [0, 0.1) is 0 Å². The van der Waals surface area contributed by atoms with Crippen LogP contribution in [0.2, 0.25) is 5.02 Å². The normalized spacial score (nSPS) is 10.2. The molecule has 2 aromatic rings. The third-order valence-electron chi connectivity index (χ3n) is 3.61. The highest BCUT2D eigenvalue weighted by Crippen LogP contribution is 2.25. The summed E-state index contributed by atoms with van der Waals surface area (Å²) in [5.41, 5.74) is 1.78. The average molecular weight is 378 g/mol. The van der Waals surface area contributed by atoms with Gasteiger partial charge in [-0.25, -0.2) is 4.79 Å². The van der Waals surface area contributed by atoms with Crippen molar-refractivity contribution in [2.24, 2.45) is 0 Å². The molecule has 0 aromatic heterocycles. The first-order valence-electron chi connectivity index (χ1n) is 8.00. The number of carboxylic acids is 1. The van der Waals surface area contributed by atoms with Crippen LogP contribution in [-0.4, -0.2) is 30.7 Å². The molecule has 0 aliphatic carbocycles. The van der Waals surface area contributed by atoms with Crippen molar-refractivity contribution in [3.8, 4) is 11.5 Å². The third kappa shape index (κ3) is 6.29. The molecule has 0 saturated heterocycles. The molecule has 0 spiro atoms. The molecular weight excluding hydrogens is 358 g/mol. The van der Waals surface area contributed by atoms with E-state index in [0.717, 1.165) is 11.1 Å². The molecule has 0 heterocycles. The summed E-state index contributed by atoms with van der Waals surface area (Å²) in [6.07, 6.45) is 0.898. The Kier molecular flexibility index (Phi) is 7.29. The lowest BCUT2D eigenvalue weighted by Crippen LogP contribution is -2.23. The fourth-order valence-electron chi connectivity index (χ4n) is 2.30. The second-order valence-corrected chi connectivity index (χ2v) is 5.98. The van der Waals surface area contributed by atoms with E-state index in [2.05, 4.69) is 5.32 Å². The molecule has 0 radical (unpaired) electrons. The van der Waals surface area contributed by atoms with Gasteiger partial charge in [-0.05, 0) is 41.8 Å². The molecule has 26 heavy (non-hydrogen) atoms. The fraction of sp³-hybridized carbons (Fsp3) is 0.263. The zero-order chi connectivity index (χ0) is 18.9. The maximum atomic E-state index is 12.0. The van der Waals surface area contributed by atoms with Crippen molar-refractivity contribution in [2.45, 2.75) is 19.4 Å². The minimum absolute atomic E-state index is 0.0891. The molecule has 2 rings (SSSR count). The maximum Gasteiger partial charge on any atom is 0.341 e. The Morgan fingerprint density at radius 2 is 1.96 bits per heavy atom. The van der Waals surface area contributed by atoms with Gasteiger partial charge in [0.15, 0.2) is 6.61 Å². The van der Waals surface area contributed by atoms with Gasteiger partial charge in [0.2, 0.25) is 5.91 Å². The van der Waals surface area contributed by atoms with Gasteiger partial charge in [0.1, 0.15) is 11.5 Å². The molecule has 0 bridgehead atoms. The molecule has 6 nitrogen and oxygen atoms in total. The van der Waals surface area contributed by atoms with E-state index in [1.165, 1.54) is 0 Å². The molecule has 0 aliphatic rings. The smallest absolute Gasteiger partial charge is 0.341 e. The Labute approximate surface area is 156 Å². The van der Waals surface area contributed by atoms with Crippen LogP contribution in [0.15, 0.2) is 42.5 Å². The van der Waals surface area contributed by atoms with E-state index in [1.807, 2.05) is 12.1 Å². The van der Waals surface area contributed by atoms with Gasteiger partial charge in [-0.2, -0.15) is 0 Å². The van der Waals surface area contributed by atoms with Gasteiger partial charge in [0.25, 0.3) is 0 Å². The van der Waals surface area contributed by atoms with Crippen LogP contribution in [0.3, 0.4) is 0 Å². The second kappa shape index (κ2) is 9.68. The minimum atomic E-state index is -1.04. The van der Waals surface area contributed by atoms with E-state index in [9.17, 15) is 9.59 Å². The quantitative estimate of drug-likeness (QED) is 0.701. The number of aliphatic carboxylic acids is 1. The average Bonchev–Trinajstić information content (AvgIpc) is 2.63. The highest BCUT2D eigenvalue weighted by Gasteiger charge is 2.06. The monoisotopic (exact) mass is 377 g/mol. The summed E-state index contributed by atoms with van der Waals surface area (Å²) in [4.78, 5) is 22.5. The van der Waals surface area contributed by atoms with Gasteiger partial charge in [-0.1, -0.05) is 29.8 Å². The predicted molar refractivity (Wildman–Crippen MR) is 97.7 cm³/mol. The van der Waals surface area contributed by atoms with Crippen molar-refractivity contribution in [1.82, 2.24) is 5.32 Å². The molecule has 0 unspecified atom stereocenters. The number of carbonyl (C=O) groups excluding carboxylic acids is 1. The van der Waals surface area contributed by atoms with Crippen molar-refractivity contribution in [3.63, 3.8) is 0 Å². The molecule has 0 fully saturated rings. The van der Waals surface area contributed by atoms with Gasteiger partial charge < -0.3 is 19.9 Å². The van der Waals surface area contributed by atoms with Gasteiger partial charge in [0.05, 0.1) is 12.1 Å². The van der Waals surface area contributed by atoms with E-state index < -0.39 is 12.6 Å². The van der Waals surface area contributed by atoms with Crippen molar-refractivity contribution < 1.29 is 24.2 Å². The van der Waals surface area contributed by atoms with E-state index in [1.54, 1.807) is 37.4 Å². The molecule has 2 aromatic carbocycles. The Balaban J connectivity index is 1.80. The number of carboxylic acid groups (broad SMARTS) is 1. The van der Waals surface area contributed by atoms with Crippen LogP contribution in [-0.2, 0) is 22.6 Å². The summed E-state index contributed by atoms with van der Waals surface area (Å²) in [5.74, 6) is -0.0759. The SMILES string of the molecule is COc1ccc(CCC(=O)NCc2cccc(OCC(=O)O)c2)cc1Cl. The van der Waals surface area contributed by atoms with Gasteiger partial charge >= 0.3 is 5.97 Å². The first-order valence-corrected chi connectivity index (χ1v) is 8.38. The summed E-state index contributed by atoms with van der Waals surface area (Å²) >= 11 is 6.07. The second-order valence-electron chi connectivity index (χ2n) is 5.58. The number of ether oxygens (including phenoxy) is 2. The first-order chi connectivity index (χ1) is 12.5. The van der Waals surface area contributed by atoms with Gasteiger partial charge in [-0.3, -0.25) is 4.79 Å². The van der Waals surface area contributed by atoms with Gasteiger partial charge in [-0.15, -0.1) is 0 Å². The number of amides is 1. The van der Waals surface area contributed by atoms with Gasteiger partial charge in [0, 0.05) is 13.0 Å². The summed E-state index contributed by atoms with van der Waals surface area (Å²) in [6, 6.07) is 12.4. The largest absolute Gasteiger partial charge is 0.495 e. The molecule has 0 atom stereocenters. The lowest BCUT2D eigenvalue weighted by molar-refractivity contribution is -0.139. The van der Waals surface area contributed by atoms with Crippen LogP contribution in [0.4, 0.5) is 0 Å². The number of methoxy groups -OCH3 is 1. The number of hydrogen-bond acceptors (Lipinski definition) is 4. The lowest BCUT2D eigenvalue weighted by atomic mass is 10.1. The molecule has 7 heteroatoms. The molecule has 0 saturated carbocycles. The number of benzene rings is 2. The highest BCUT2D eigenvalue weighted by atomic mass is 35.5. The van der Waals surface area contributed by atoms with E-state index in [0.29, 0.717) is 35.9 Å². The van der Waals surface area contributed by atoms with Crippen LogP contribution < -0.4 is 14.8 Å². The summed E-state index contributed by atoms with van der Waals surface area (Å²) in [6.45, 7) is -0.0628. The first kappa shape index (κ1) is 19.6. The molecular formula is C19H20ClNO5. The summed E-state index contributed by atoms with van der Waals surface area (Å²) in [5, 5.41) is 12.0. The van der Waals surface area contributed by atoms with Crippen LogP contribution in [0.5, 0.6) is 11.5 Å². The maximum absolute atomic E-state index is 12.0. The molecule has 1 amide bonds. The molecule has 138 valence electrons. The number of rotatable bonds is 9. The Morgan fingerprint density at radius 3 is 2.65 bits per heavy atom. The van der Waals surface area contributed by atoms with Crippen molar-refractivity contribution in [3.05, 3.63) is 58.6 Å². The van der Waals surface area contributed by atoms with E-state index in [4.69, 9.17) is 26.2 Å². The van der Waals surface area contributed by atoms with Crippen molar-refractivity contribution in [2.75, 3.05) is 13.7 Å². The topological polar surface area (TPSA) is 84.9 Å². The minimum Gasteiger partial charge on any atom is -0.495 e. The standard InChI is InChI=1S/C19H20ClNO5/c1-25-17-7-5-13(10-16(17)20)6-8-18(22)21-11-14-3-2-4-15(9-14)26-12-19(23)24/h2-5,7,9-10H,6,8,11-12H2,1H3,(H,21,22)(H,23,24). The van der Waals surface area contributed by atoms with Crippen LogP contribution in [0.25, 0.3) is 0 Å². The summed E-state index contributed by atoms with van der Waals surface area (Å²) < 4.78 is 10.2. The number of halogens is 1. The Morgan fingerprint density at radius 1 is 1.15 bits per heavy atom. The number of nitrogens with one attached hydrogen (secondary N) is 1. The zero-order valence-electron chi connectivity index (χ0n) is 14.3. The third-order valence-corrected chi connectivity index (χ3v) is 3.90. The predicted octanol–water partition coefficient (Wildman–Crippen LogP) is 3.06. The fourth-order valence-corrected chi connectivity index (χ4v) is 2.58. The Hall–Kier alpha value is -2.73. The molecule has 2 N–H and O–H groups in total. The van der Waals surface area contributed by atoms with E-state index >= 15 is 0 Å². The molecule has 0 aliphatic heterocycles. The van der Waals surface area contributed by atoms with Crippen molar-refractivity contribution in [1.29, 1.82) is 0 Å². The number of carbonyl (C=O) groups is 2. The van der Waals surface area contributed by atoms with Crippen LogP contribution in [0.1, 0.15) is 17.5 Å². The Bertz CT molecular complexity index is 778. The number of hydrogen-bond donors (Lipinski definition) is 2. The van der Waals surface area contributed by atoms with Crippen LogP contribution >= 0.6 is 11.6 Å². The van der Waals surface area contributed by atoms with E-state index in [-0.39, 0.29) is 5.91 Å².